The molecular weight excluding hydrogens is 342 g/mol. The van der Waals surface area contributed by atoms with Gasteiger partial charge in [-0.1, -0.05) is 0 Å². The maximum absolute atomic E-state index is 12.4. The molecule has 0 fully saturated rings. The molecule has 0 aliphatic rings. The number of esters is 1. The van der Waals surface area contributed by atoms with Crippen LogP contribution in [0.4, 0.5) is 5.00 Å². The quantitative estimate of drug-likeness (QED) is 0.798. The fourth-order valence-electron chi connectivity index (χ4n) is 2.16. The van der Waals surface area contributed by atoms with E-state index in [-0.39, 0.29) is 23.1 Å². The molecule has 0 saturated heterocycles. The molecule has 2 aromatic rings. The van der Waals surface area contributed by atoms with E-state index in [1.807, 2.05) is 6.92 Å². The molecule has 132 valence electrons. The van der Waals surface area contributed by atoms with Crippen molar-refractivity contribution in [3.8, 4) is 0 Å². The highest BCUT2D eigenvalue weighted by Gasteiger charge is 2.26. The van der Waals surface area contributed by atoms with E-state index in [4.69, 9.17) is 4.74 Å². The summed E-state index contributed by atoms with van der Waals surface area (Å²) >= 11 is 1.03. The summed E-state index contributed by atoms with van der Waals surface area (Å²) in [6.45, 7) is 5.35. The Bertz CT molecular complexity index is 812. The summed E-state index contributed by atoms with van der Waals surface area (Å²) in [5, 5.41) is 5.48. The van der Waals surface area contributed by atoms with Crippen molar-refractivity contribution in [1.29, 1.82) is 0 Å². The van der Waals surface area contributed by atoms with E-state index in [0.717, 1.165) is 17.0 Å². The van der Waals surface area contributed by atoms with Crippen LogP contribution in [0.2, 0.25) is 0 Å². The Morgan fingerprint density at radius 1 is 1.20 bits per heavy atom. The van der Waals surface area contributed by atoms with E-state index in [0.29, 0.717) is 16.0 Å². The number of nitrogens with zero attached hydrogens (tertiary/aromatic N) is 1. The maximum Gasteiger partial charge on any atom is 0.341 e. The van der Waals surface area contributed by atoms with Crippen molar-refractivity contribution in [2.24, 2.45) is 0 Å². The van der Waals surface area contributed by atoms with Crippen LogP contribution in [0.15, 0.2) is 18.3 Å². The van der Waals surface area contributed by atoms with Crippen LogP contribution in [0.3, 0.4) is 0 Å². The highest BCUT2D eigenvalue weighted by Crippen LogP contribution is 2.34. The lowest BCUT2D eigenvalue weighted by Crippen LogP contribution is -2.18. The van der Waals surface area contributed by atoms with Crippen LogP contribution in [0.25, 0.3) is 0 Å². The van der Waals surface area contributed by atoms with Gasteiger partial charge in [-0.05, 0) is 38.5 Å². The fourth-order valence-corrected chi connectivity index (χ4v) is 3.29. The average molecular weight is 361 g/mol. The van der Waals surface area contributed by atoms with Crippen LogP contribution in [0.1, 0.15) is 48.6 Å². The van der Waals surface area contributed by atoms with Crippen molar-refractivity contribution in [1.82, 2.24) is 10.3 Å². The van der Waals surface area contributed by atoms with Crippen molar-refractivity contribution in [2.45, 2.75) is 20.8 Å². The number of ether oxygens (including phenoxy) is 1. The molecule has 0 unspecified atom stereocenters. The number of aromatic nitrogens is 1. The van der Waals surface area contributed by atoms with Gasteiger partial charge in [0.15, 0.2) is 0 Å². The number of rotatable bonds is 5. The number of amides is 2. The van der Waals surface area contributed by atoms with Crippen LogP contribution >= 0.6 is 11.3 Å². The molecule has 2 rings (SSSR count). The van der Waals surface area contributed by atoms with Gasteiger partial charge >= 0.3 is 5.97 Å². The molecule has 0 atom stereocenters. The lowest BCUT2D eigenvalue weighted by Gasteiger charge is -2.07. The van der Waals surface area contributed by atoms with Gasteiger partial charge in [-0.3, -0.25) is 14.6 Å². The third kappa shape index (κ3) is 4.03. The van der Waals surface area contributed by atoms with Crippen LogP contribution in [-0.2, 0) is 4.74 Å². The summed E-state index contributed by atoms with van der Waals surface area (Å²) in [4.78, 5) is 41.1. The number of thiophene rings is 1. The summed E-state index contributed by atoms with van der Waals surface area (Å²) in [7, 11) is 1.50. The second-order valence-electron chi connectivity index (χ2n) is 5.20. The van der Waals surface area contributed by atoms with Crippen molar-refractivity contribution >= 4 is 34.1 Å². The lowest BCUT2D eigenvalue weighted by molar-refractivity contribution is 0.0527. The van der Waals surface area contributed by atoms with E-state index in [1.165, 1.54) is 13.2 Å². The molecule has 0 spiro atoms. The molecule has 2 amide bonds. The third-order valence-corrected chi connectivity index (χ3v) is 4.67. The van der Waals surface area contributed by atoms with Gasteiger partial charge < -0.3 is 15.4 Å². The number of nitrogens with one attached hydrogen (secondary N) is 2. The predicted molar refractivity (Wildman–Crippen MR) is 95.3 cm³/mol. The van der Waals surface area contributed by atoms with E-state index >= 15 is 0 Å². The van der Waals surface area contributed by atoms with Crippen molar-refractivity contribution in [3.05, 3.63) is 45.6 Å². The zero-order valence-electron chi connectivity index (χ0n) is 14.4. The highest BCUT2D eigenvalue weighted by molar-refractivity contribution is 7.18. The molecule has 0 aliphatic carbocycles. The minimum atomic E-state index is -0.580. The molecule has 2 aromatic heterocycles. The fraction of sp³-hybridized carbons (Fsp3) is 0.294. The molecule has 0 aliphatic heterocycles. The summed E-state index contributed by atoms with van der Waals surface area (Å²) in [6.07, 6.45) is 1.45. The normalized spacial score (nSPS) is 10.2. The molecule has 25 heavy (non-hydrogen) atoms. The number of aryl methyl sites for hydroxylation is 1. The molecular formula is C17H19N3O4S. The molecule has 0 bridgehead atoms. The monoisotopic (exact) mass is 361 g/mol. The number of hydrogen-bond acceptors (Lipinski definition) is 6. The van der Waals surface area contributed by atoms with Crippen LogP contribution in [0.5, 0.6) is 0 Å². The first-order valence-electron chi connectivity index (χ1n) is 7.65. The zero-order valence-corrected chi connectivity index (χ0v) is 15.2. The summed E-state index contributed by atoms with van der Waals surface area (Å²) < 4.78 is 5.05. The summed E-state index contributed by atoms with van der Waals surface area (Å²) in [5.41, 5.74) is 1.81. The summed E-state index contributed by atoms with van der Waals surface area (Å²) in [6, 6.07) is 3.36. The van der Waals surface area contributed by atoms with Crippen LogP contribution in [-0.4, -0.2) is 36.4 Å². The van der Waals surface area contributed by atoms with E-state index < -0.39 is 11.9 Å². The minimum absolute atomic E-state index is 0.193. The Kier molecular flexibility index (Phi) is 5.87. The van der Waals surface area contributed by atoms with Gasteiger partial charge in [0.25, 0.3) is 11.8 Å². The molecule has 0 saturated carbocycles. The molecule has 0 radical (unpaired) electrons. The predicted octanol–water partition coefficient (Wildman–Crippen LogP) is 2.55. The Hall–Kier alpha value is -2.74. The molecule has 8 heteroatoms. The minimum Gasteiger partial charge on any atom is -0.462 e. The van der Waals surface area contributed by atoms with Gasteiger partial charge in [0, 0.05) is 18.9 Å². The van der Waals surface area contributed by atoms with Crippen molar-refractivity contribution < 1.29 is 19.1 Å². The number of carbonyl (C=O) groups excluding carboxylic acids is 3. The van der Waals surface area contributed by atoms with E-state index in [9.17, 15) is 14.4 Å². The first-order valence-corrected chi connectivity index (χ1v) is 8.47. The van der Waals surface area contributed by atoms with Gasteiger partial charge in [-0.25, -0.2) is 4.79 Å². The Balaban J connectivity index is 2.41. The van der Waals surface area contributed by atoms with Gasteiger partial charge in [-0.15, -0.1) is 11.3 Å². The van der Waals surface area contributed by atoms with Crippen LogP contribution < -0.4 is 10.6 Å². The SMILES string of the molecule is CCOC(=O)c1c(NC(=O)c2ccc(C)nc2)sc(C(=O)NC)c1C. The topological polar surface area (TPSA) is 97.4 Å². The van der Waals surface area contributed by atoms with Gasteiger partial charge in [-0.2, -0.15) is 0 Å². The average Bonchev–Trinajstić information content (AvgIpc) is 2.91. The third-order valence-electron chi connectivity index (χ3n) is 3.46. The number of hydrogen-bond donors (Lipinski definition) is 2. The van der Waals surface area contributed by atoms with Gasteiger partial charge in [0.2, 0.25) is 0 Å². The van der Waals surface area contributed by atoms with Crippen molar-refractivity contribution in [3.63, 3.8) is 0 Å². The maximum atomic E-state index is 12.4. The van der Waals surface area contributed by atoms with E-state index in [2.05, 4.69) is 15.6 Å². The van der Waals surface area contributed by atoms with Gasteiger partial charge in [0.1, 0.15) is 5.00 Å². The molecule has 0 aromatic carbocycles. The summed E-state index contributed by atoms with van der Waals surface area (Å²) in [5.74, 6) is -1.32. The number of carbonyl (C=O) groups is 3. The standard InChI is InChI=1S/C17H19N3O4S/c1-5-24-17(23)12-10(3)13(15(22)18-4)25-16(12)20-14(21)11-7-6-9(2)19-8-11/h6-8H,5H2,1-4H3,(H,18,22)(H,20,21). The second kappa shape index (κ2) is 7.89. The smallest absolute Gasteiger partial charge is 0.341 e. The van der Waals surface area contributed by atoms with Gasteiger partial charge in [0.05, 0.1) is 22.6 Å². The zero-order chi connectivity index (χ0) is 18.6. The number of anilines is 1. The molecule has 2 N–H and O–H groups in total. The first-order chi connectivity index (χ1) is 11.9. The van der Waals surface area contributed by atoms with Crippen LogP contribution in [0, 0.1) is 13.8 Å². The second-order valence-corrected chi connectivity index (χ2v) is 6.22. The molecule has 2 heterocycles. The molecule has 7 nitrogen and oxygen atoms in total. The highest BCUT2D eigenvalue weighted by atomic mass is 32.1. The lowest BCUT2D eigenvalue weighted by atomic mass is 10.1. The largest absolute Gasteiger partial charge is 0.462 e. The Morgan fingerprint density at radius 3 is 2.48 bits per heavy atom. The van der Waals surface area contributed by atoms with Crippen molar-refractivity contribution in [2.75, 3.05) is 19.0 Å². The first kappa shape index (κ1) is 18.6. The Morgan fingerprint density at radius 2 is 1.92 bits per heavy atom. The number of pyridine rings is 1. The van der Waals surface area contributed by atoms with E-state index in [1.54, 1.807) is 26.0 Å². The Labute approximate surface area is 149 Å².